The lowest BCUT2D eigenvalue weighted by molar-refractivity contribution is -0.131. The van der Waals surface area contributed by atoms with Gasteiger partial charge in [-0.3, -0.25) is 9.59 Å². The molecule has 0 bridgehead atoms. The summed E-state index contributed by atoms with van der Waals surface area (Å²) in [6.07, 6.45) is 3.39. The molecule has 1 aliphatic heterocycles. The number of likely N-dealkylation sites (tertiary alicyclic amines) is 1. The number of hydrogen-bond donors (Lipinski definition) is 1. The molecule has 2 aromatic carbocycles. The Hall–Kier alpha value is -2.62. The van der Waals surface area contributed by atoms with Crippen molar-refractivity contribution in [2.75, 3.05) is 13.1 Å². The maximum absolute atomic E-state index is 12.5. The largest absolute Gasteiger partial charge is 0.353 e. The first-order chi connectivity index (χ1) is 13.1. The van der Waals surface area contributed by atoms with Crippen LogP contribution in [0.1, 0.15) is 36.0 Å². The minimum Gasteiger partial charge on any atom is -0.353 e. The molecule has 0 aromatic heterocycles. The molecule has 0 spiro atoms. The number of carbonyl (C=O) groups excluding carboxylic acids is 2. The lowest BCUT2D eigenvalue weighted by atomic mass is 10.0. The molecule has 0 aliphatic carbocycles. The Morgan fingerprint density at radius 2 is 1.63 bits per heavy atom. The first-order valence-corrected chi connectivity index (χ1v) is 9.77. The summed E-state index contributed by atoms with van der Waals surface area (Å²) in [5, 5.41) is 3.13. The highest BCUT2D eigenvalue weighted by Gasteiger charge is 2.23. The maximum Gasteiger partial charge on any atom is 0.226 e. The van der Waals surface area contributed by atoms with Gasteiger partial charge in [-0.1, -0.05) is 60.2 Å². The highest BCUT2D eigenvalue weighted by molar-refractivity contribution is 5.79. The number of nitrogens with one attached hydrogen (secondary N) is 1. The number of aryl methyl sites for hydroxylation is 2. The Morgan fingerprint density at radius 1 is 0.963 bits per heavy atom. The Labute approximate surface area is 161 Å². The van der Waals surface area contributed by atoms with Gasteiger partial charge in [-0.05, 0) is 37.3 Å². The van der Waals surface area contributed by atoms with Crippen LogP contribution in [0, 0.1) is 6.92 Å². The third-order valence-electron chi connectivity index (χ3n) is 5.17. The molecule has 1 N–H and O–H groups in total. The van der Waals surface area contributed by atoms with Crippen LogP contribution in [-0.2, 0) is 22.4 Å². The fraction of sp³-hybridized carbons (Fsp3) is 0.391. The smallest absolute Gasteiger partial charge is 0.226 e. The fourth-order valence-electron chi connectivity index (χ4n) is 3.47. The first kappa shape index (κ1) is 19.2. The molecule has 4 nitrogen and oxygen atoms in total. The molecule has 2 amide bonds. The van der Waals surface area contributed by atoms with Crippen molar-refractivity contribution in [3.63, 3.8) is 0 Å². The minimum absolute atomic E-state index is 0.100. The number of amides is 2. The van der Waals surface area contributed by atoms with Gasteiger partial charge in [0.1, 0.15) is 0 Å². The van der Waals surface area contributed by atoms with Crippen LogP contribution in [0.3, 0.4) is 0 Å². The van der Waals surface area contributed by atoms with E-state index in [2.05, 4.69) is 5.32 Å². The fourth-order valence-corrected chi connectivity index (χ4v) is 3.47. The van der Waals surface area contributed by atoms with Crippen molar-refractivity contribution in [1.29, 1.82) is 0 Å². The SMILES string of the molecule is Cc1ccc(CC(=O)N2CCC(NC(=O)CCc3ccccc3)CC2)cc1. The van der Waals surface area contributed by atoms with Gasteiger partial charge >= 0.3 is 0 Å². The molecule has 0 atom stereocenters. The summed E-state index contributed by atoms with van der Waals surface area (Å²) in [5.41, 5.74) is 3.45. The molecule has 1 fully saturated rings. The Bertz CT molecular complexity index is 748. The van der Waals surface area contributed by atoms with Crippen LogP contribution < -0.4 is 5.32 Å². The second-order valence-electron chi connectivity index (χ2n) is 7.37. The van der Waals surface area contributed by atoms with Gasteiger partial charge in [-0.25, -0.2) is 0 Å². The first-order valence-electron chi connectivity index (χ1n) is 9.77. The molecule has 0 saturated carbocycles. The van der Waals surface area contributed by atoms with Gasteiger partial charge in [0.15, 0.2) is 0 Å². The van der Waals surface area contributed by atoms with Crippen LogP contribution in [0.2, 0.25) is 0 Å². The van der Waals surface area contributed by atoms with Gasteiger partial charge in [0, 0.05) is 25.6 Å². The lowest BCUT2D eigenvalue weighted by Crippen LogP contribution is -2.47. The minimum atomic E-state index is 0.100. The van der Waals surface area contributed by atoms with Crippen molar-refractivity contribution >= 4 is 11.8 Å². The second-order valence-corrected chi connectivity index (χ2v) is 7.37. The summed E-state index contributed by atoms with van der Waals surface area (Å²) in [6.45, 7) is 3.48. The molecule has 2 aromatic rings. The van der Waals surface area contributed by atoms with Crippen molar-refractivity contribution in [1.82, 2.24) is 10.2 Å². The zero-order chi connectivity index (χ0) is 19.1. The summed E-state index contributed by atoms with van der Waals surface area (Å²) < 4.78 is 0. The highest BCUT2D eigenvalue weighted by Crippen LogP contribution is 2.13. The zero-order valence-electron chi connectivity index (χ0n) is 16.0. The Kier molecular flexibility index (Phi) is 6.64. The van der Waals surface area contributed by atoms with Crippen LogP contribution in [0.25, 0.3) is 0 Å². The molecular weight excluding hydrogens is 336 g/mol. The predicted octanol–water partition coefficient (Wildman–Crippen LogP) is 3.28. The van der Waals surface area contributed by atoms with E-state index in [4.69, 9.17) is 0 Å². The van der Waals surface area contributed by atoms with Crippen LogP contribution in [0.15, 0.2) is 54.6 Å². The van der Waals surface area contributed by atoms with E-state index >= 15 is 0 Å². The number of hydrogen-bond acceptors (Lipinski definition) is 2. The van der Waals surface area contributed by atoms with E-state index in [0.29, 0.717) is 25.9 Å². The molecular formula is C23H28N2O2. The molecule has 3 rings (SSSR count). The monoisotopic (exact) mass is 364 g/mol. The third kappa shape index (κ3) is 5.95. The zero-order valence-corrected chi connectivity index (χ0v) is 16.0. The normalized spacial score (nSPS) is 14.8. The van der Waals surface area contributed by atoms with Crippen molar-refractivity contribution in [2.45, 2.75) is 45.1 Å². The van der Waals surface area contributed by atoms with Crippen molar-refractivity contribution in [3.8, 4) is 0 Å². The summed E-state index contributed by atoms with van der Waals surface area (Å²) in [4.78, 5) is 26.6. The standard InChI is InChI=1S/C23H28N2O2/c1-18-7-9-20(10-8-18)17-23(27)25-15-13-21(14-16-25)24-22(26)12-11-19-5-3-2-4-6-19/h2-10,21H,11-17H2,1H3,(H,24,26). The van der Waals surface area contributed by atoms with Crippen molar-refractivity contribution in [2.24, 2.45) is 0 Å². The van der Waals surface area contributed by atoms with E-state index in [1.807, 2.05) is 66.4 Å². The van der Waals surface area contributed by atoms with Crippen LogP contribution >= 0.6 is 0 Å². The average Bonchev–Trinajstić information content (AvgIpc) is 2.69. The Balaban J connectivity index is 1.38. The molecule has 1 saturated heterocycles. The molecule has 0 unspecified atom stereocenters. The summed E-state index contributed by atoms with van der Waals surface area (Å²) >= 11 is 0. The quantitative estimate of drug-likeness (QED) is 0.855. The van der Waals surface area contributed by atoms with Crippen molar-refractivity contribution < 1.29 is 9.59 Å². The molecule has 0 radical (unpaired) electrons. The molecule has 1 aliphatic rings. The topological polar surface area (TPSA) is 49.4 Å². The van der Waals surface area contributed by atoms with Gasteiger partial charge < -0.3 is 10.2 Å². The van der Waals surface area contributed by atoms with Gasteiger partial charge in [-0.2, -0.15) is 0 Å². The van der Waals surface area contributed by atoms with E-state index in [1.165, 1.54) is 11.1 Å². The van der Waals surface area contributed by atoms with Gasteiger partial charge in [0.2, 0.25) is 11.8 Å². The highest BCUT2D eigenvalue weighted by atomic mass is 16.2. The van der Waals surface area contributed by atoms with Crippen LogP contribution in [0.5, 0.6) is 0 Å². The molecule has 4 heteroatoms. The van der Waals surface area contributed by atoms with Gasteiger partial charge in [0.25, 0.3) is 0 Å². The average molecular weight is 364 g/mol. The van der Waals surface area contributed by atoms with Gasteiger partial charge in [-0.15, -0.1) is 0 Å². The number of rotatable bonds is 6. The second kappa shape index (κ2) is 9.36. The van der Waals surface area contributed by atoms with E-state index in [0.717, 1.165) is 24.8 Å². The number of piperidine rings is 1. The molecule has 142 valence electrons. The van der Waals surface area contributed by atoms with Crippen LogP contribution in [-0.4, -0.2) is 35.8 Å². The third-order valence-corrected chi connectivity index (χ3v) is 5.17. The van der Waals surface area contributed by atoms with Crippen molar-refractivity contribution in [3.05, 3.63) is 71.3 Å². The Morgan fingerprint density at radius 3 is 2.30 bits per heavy atom. The van der Waals surface area contributed by atoms with E-state index in [-0.39, 0.29) is 17.9 Å². The summed E-state index contributed by atoms with van der Waals surface area (Å²) in [6, 6.07) is 18.4. The van der Waals surface area contributed by atoms with E-state index in [1.54, 1.807) is 0 Å². The lowest BCUT2D eigenvalue weighted by Gasteiger charge is -2.32. The molecule has 1 heterocycles. The predicted molar refractivity (Wildman–Crippen MR) is 107 cm³/mol. The number of carbonyl (C=O) groups is 2. The summed E-state index contributed by atoms with van der Waals surface area (Å²) in [5.74, 6) is 0.274. The number of nitrogens with zero attached hydrogens (tertiary/aromatic N) is 1. The molecule has 27 heavy (non-hydrogen) atoms. The van der Waals surface area contributed by atoms with E-state index in [9.17, 15) is 9.59 Å². The van der Waals surface area contributed by atoms with Crippen LogP contribution in [0.4, 0.5) is 0 Å². The maximum atomic E-state index is 12.5. The summed E-state index contributed by atoms with van der Waals surface area (Å²) in [7, 11) is 0. The van der Waals surface area contributed by atoms with Gasteiger partial charge in [0.05, 0.1) is 6.42 Å². The number of benzene rings is 2. The van der Waals surface area contributed by atoms with E-state index < -0.39 is 0 Å².